The maximum atomic E-state index is 10.3. The molecular formula is C16H26NO3. The van der Waals surface area contributed by atoms with Crippen molar-refractivity contribution in [2.24, 2.45) is 0 Å². The molecule has 0 heterocycles. The first kappa shape index (κ1) is 17.1. The van der Waals surface area contributed by atoms with Crippen molar-refractivity contribution < 1.29 is 15.3 Å². The average molecular weight is 280 g/mol. The highest BCUT2D eigenvalue weighted by atomic mass is 16.3. The number of likely N-dealkylation sites (N-methyl/N-ethyl adjacent to an activating group) is 1. The summed E-state index contributed by atoms with van der Waals surface area (Å²) in [6.45, 7) is 1.02. The summed E-state index contributed by atoms with van der Waals surface area (Å²) in [7, 11) is 1.90. The van der Waals surface area contributed by atoms with Gasteiger partial charge in [-0.25, -0.2) is 5.11 Å². The van der Waals surface area contributed by atoms with Gasteiger partial charge in [0.2, 0.25) is 0 Å². The Bertz CT molecular complexity index is 345. The summed E-state index contributed by atoms with van der Waals surface area (Å²) < 4.78 is 0. The fourth-order valence-electron chi connectivity index (χ4n) is 2.26. The van der Waals surface area contributed by atoms with Crippen LogP contribution in [0.2, 0.25) is 0 Å². The molecule has 0 fully saturated rings. The molecule has 0 saturated carbocycles. The molecule has 4 heteroatoms. The van der Waals surface area contributed by atoms with E-state index in [9.17, 15) is 15.3 Å². The first-order valence-corrected chi connectivity index (χ1v) is 7.31. The van der Waals surface area contributed by atoms with Crippen LogP contribution in [0.3, 0.4) is 0 Å². The lowest BCUT2D eigenvalue weighted by Crippen LogP contribution is -2.32. The molecule has 20 heavy (non-hydrogen) atoms. The van der Waals surface area contributed by atoms with E-state index in [0.29, 0.717) is 25.9 Å². The maximum absolute atomic E-state index is 10.3. The molecule has 0 saturated heterocycles. The molecule has 0 spiro atoms. The summed E-state index contributed by atoms with van der Waals surface area (Å²) in [6.07, 6.45) is 2.25. The molecule has 1 aromatic carbocycles. The van der Waals surface area contributed by atoms with Gasteiger partial charge in [0.15, 0.2) is 0 Å². The van der Waals surface area contributed by atoms with Crippen molar-refractivity contribution in [2.75, 3.05) is 26.7 Å². The second-order valence-corrected chi connectivity index (χ2v) is 5.35. The first-order chi connectivity index (χ1) is 9.63. The lowest BCUT2D eigenvalue weighted by atomic mass is 10.1. The second kappa shape index (κ2) is 9.88. The highest BCUT2D eigenvalue weighted by Gasteiger charge is 2.13. The van der Waals surface area contributed by atoms with E-state index in [-0.39, 0.29) is 6.61 Å². The summed E-state index contributed by atoms with van der Waals surface area (Å²) in [5.74, 6) is 0. The van der Waals surface area contributed by atoms with Crippen LogP contribution in [-0.4, -0.2) is 48.0 Å². The Morgan fingerprint density at radius 3 is 2.40 bits per heavy atom. The zero-order chi connectivity index (χ0) is 14.8. The van der Waals surface area contributed by atoms with Gasteiger partial charge >= 0.3 is 0 Å². The largest absolute Gasteiger partial charge is 0.392 e. The number of hydrogen-bond donors (Lipinski definition) is 2. The monoisotopic (exact) mass is 280 g/mol. The second-order valence-electron chi connectivity index (χ2n) is 5.35. The summed E-state index contributed by atoms with van der Waals surface area (Å²) >= 11 is 0. The van der Waals surface area contributed by atoms with Crippen LogP contribution in [-0.2, 0) is 5.11 Å². The molecule has 2 unspecified atom stereocenters. The minimum Gasteiger partial charge on any atom is -0.392 e. The highest BCUT2D eigenvalue weighted by molar-refractivity contribution is 5.17. The van der Waals surface area contributed by atoms with Crippen molar-refractivity contribution in [1.82, 2.24) is 4.90 Å². The van der Waals surface area contributed by atoms with Crippen LogP contribution in [0, 0.1) is 0 Å². The smallest absolute Gasteiger partial charge is 0.0916 e. The van der Waals surface area contributed by atoms with Crippen molar-refractivity contribution in [3.05, 3.63) is 35.9 Å². The molecule has 113 valence electrons. The van der Waals surface area contributed by atoms with Crippen LogP contribution in [0.1, 0.15) is 37.4 Å². The maximum Gasteiger partial charge on any atom is 0.0916 e. The fourth-order valence-corrected chi connectivity index (χ4v) is 2.26. The lowest BCUT2D eigenvalue weighted by molar-refractivity contribution is 0.0776. The normalized spacial score (nSPS) is 14.4. The number of unbranched alkanes of at least 4 members (excludes halogenated alkanes) is 2. The number of nitrogens with zero attached hydrogens (tertiary/aromatic N) is 1. The van der Waals surface area contributed by atoms with E-state index in [4.69, 9.17) is 0 Å². The molecule has 0 aliphatic heterocycles. The predicted molar refractivity (Wildman–Crippen MR) is 78.9 cm³/mol. The topological polar surface area (TPSA) is 63.6 Å². The van der Waals surface area contributed by atoms with E-state index >= 15 is 0 Å². The van der Waals surface area contributed by atoms with Gasteiger partial charge in [0, 0.05) is 13.1 Å². The molecule has 1 rings (SSSR count). The van der Waals surface area contributed by atoms with E-state index in [1.807, 2.05) is 42.3 Å². The van der Waals surface area contributed by atoms with E-state index in [2.05, 4.69) is 0 Å². The minimum atomic E-state index is -0.533. The molecule has 0 aliphatic carbocycles. The fraction of sp³-hybridized carbons (Fsp3) is 0.625. The Morgan fingerprint density at radius 1 is 1.05 bits per heavy atom. The summed E-state index contributed by atoms with van der Waals surface area (Å²) in [5, 5.41) is 30.3. The van der Waals surface area contributed by atoms with Gasteiger partial charge in [0.1, 0.15) is 0 Å². The Kier molecular flexibility index (Phi) is 8.46. The average Bonchev–Trinajstić information content (AvgIpc) is 2.44. The van der Waals surface area contributed by atoms with Crippen molar-refractivity contribution in [2.45, 2.75) is 37.9 Å². The van der Waals surface area contributed by atoms with Gasteiger partial charge in [-0.3, -0.25) is 0 Å². The molecule has 1 radical (unpaired) electrons. The zero-order valence-electron chi connectivity index (χ0n) is 12.2. The summed E-state index contributed by atoms with van der Waals surface area (Å²) in [5.41, 5.74) is 0.893. The van der Waals surface area contributed by atoms with Gasteiger partial charge in [-0.15, -0.1) is 0 Å². The molecular weight excluding hydrogens is 254 g/mol. The third-order valence-corrected chi connectivity index (χ3v) is 3.37. The molecule has 2 N–H and O–H groups in total. The van der Waals surface area contributed by atoms with Gasteiger partial charge in [0.05, 0.1) is 18.8 Å². The van der Waals surface area contributed by atoms with Crippen LogP contribution in [0.4, 0.5) is 0 Å². The standard InChI is InChI=1S/C16H26NO3/c1-17(12-15(19)10-6-3-7-11-18)13-16(20)14-8-4-2-5-9-14/h2,4-5,8-9,15-16,19-20H,3,6-7,10-13H2,1H3. The molecule has 0 aliphatic rings. The number of rotatable bonds is 10. The number of hydrogen-bond acceptors (Lipinski definition) is 3. The van der Waals surface area contributed by atoms with Crippen molar-refractivity contribution >= 4 is 0 Å². The Labute approximate surface area is 121 Å². The number of benzene rings is 1. The molecule has 2 atom stereocenters. The number of aliphatic hydroxyl groups is 2. The van der Waals surface area contributed by atoms with E-state index < -0.39 is 12.2 Å². The predicted octanol–water partition coefficient (Wildman–Crippen LogP) is 2.00. The third-order valence-electron chi connectivity index (χ3n) is 3.37. The van der Waals surface area contributed by atoms with Gasteiger partial charge in [-0.2, -0.15) is 0 Å². The first-order valence-electron chi connectivity index (χ1n) is 7.31. The Balaban J connectivity index is 2.23. The van der Waals surface area contributed by atoms with Crippen molar-refractivity contribution in [3.8, 4) is 0 Å². The molecule has 4 nitrogen and oxygen atoms in total. The van der Waals surface area contributed by atoms with Gasteiger partial charge in [-0.1, -0.05) is 43.2 Å². The van der Waals surface area contributed by atoms with Crippen LogP contribution in [0.25, 0.3) is 0 Å². The van der Waals surface area contributed by atoms with E-state index in [1.54, 1.807) is 0 Å². The van der Waals surface area contributed by atoms with Crippen molar-refractivity contribution in [3.63, 3.8) is 0 Å². The van der Waals surface area contributed by atoms with Gasteiger partial charge in [0.25, 0.3) is 0 Å². The molecule has 0 amide bonds. The quantitative estimate of drug-likeness (QED) is 0.644. The lowest BCUT2D eigenvalue weighted by Gasteiger charge is -2.23. The minimum absolute atomic E-state index is 0.0285. The zero-order valence-corrected chi connectivity index (χ0v) is 12.2. The Hall–Kier alpha value is -0.940. The summed E-state index contributed by atoms with van der Waals surface area (Å²) in [4.78, 5) is 1.94. The summed E-state index contributed by atoms with van der Waals surface area (Å²) in [6, 6.07) is 9.54. The SMILES string of the molecule is CN(CC(O)CCCCC[O])CC(O)c1ccccc1. The highest BCUT2D eigenvalue weighted by Crippen LogP contribution is 2.13. The van der Waals surface area contributed by atoms with E-state index in [0.717, 1.165) is 18.4 Å². The van der Waals surface area contributed by atoms with Crippen LogP contribution < -0.4 is 0 Å². The van der Waals surface area contributed by atoms with Crippen LogP contribution in [0.5, 0.6) is 0 Å². The van der Waals surface area contributed by atoms with Crippen LogP contribution in [0.15, 0.2) is 30.3 Å². The third kappa shape index (κ3) is 7.01. The van der Waals surface area contributed by atoms with Gasteiger partial charge < -0.3 is 15.1 Å². The molecule has 0 aromatic heterocycles. The number of aliphatic hydroxyl groups excluding tert-OH is 2. The van der Waals surface area contributed by atoms with Crippen molar-refractivity contribution in [1.29, 1.82) is 0 Å². The Morgan fingerprint density at radius 2 is 1.75 bits per heavy atom. The van der Waals surface area contributed by atoms with Gasteiger partial charge in [-0.05, 0) is 25.5 Å². The van der Waals surface area contributed by atoms with Crippen LogP contribution >= 0.6 is 0 Å². The molecule has 1 aromatic rings. The molecule has 0 bridgehead atoms. The van der Waals surface area contributed by atoms with E-state index in [1.165, 1.54) is 0 Å².